The standard InChI is InChI=1S/C8H7BrNO2/c9-8-3-1-7(2-4-8)5-6-10(11)12/h1-4,6H,5H2. The minimum Gasteiger partial charge on any atom is -0.264 e. The van der Waals surface area contributed by atoms with Gasteiger partial charge in [-0.15, -0.1) is 0 Å². The molecule has 0 amide bonds. The third kappa shape index (κ3) is 3.00. The second-order valence-corrected chi connectivity index (χ2v) is 3.21. The van der Waals surface area contributed by atoms with Gasteiger partial charge in [0, 0.05) is 15.8 Å². The van der Waals surface area contributed by atoms with Crippen molar-refractivity contribution in [3.8, 4) is 0 Å². The van der Waals surface area contributed by atoms with Crippen LogP contribution in [0.5, 0.6) is 0 Å². The molecule has 4 heteroatoms. The number of hydrogen-bond acceptors (Lipinski definition) is 2. The minimum atomic E-state index is -0.429. The molecule has 0 unspecified atom stereocenters. The number of halogens is 1. The van der Waals surface area contributed by atoms with Crippen molar-refractivity contribution in [1.82, 2.24) is 0 Å². The summed E-state index contributed by atoms with van der Waals surface area (Å²) in [6.45, 7) is 1.04. The first-order valence-electron chi connectivity index (χ1n) is 3.40. The van der Waals surface area contributed by atoms with Crippen molar-refractivity contribution in [2.75, 3.05) is 0 Å². The number of nitro groups is 1. The molecule has 0 saturated heterocycles. The number of rotatable bonds is 3. The fraction of sp³-hybridized carbons (Fsp3) is 0.125. The SMILES string of the molecule is O=[N+]([O-])[CH]Cc1ccc(Br)cc1. The molecule has 0 N–H and O–H groups in total. The van der Waals surface area contributed by atoms with Gasteiger partial charge in [-0.25, -0.2) is 0 Å². The molecule has 0 heterocycles. The van der Waals surface area contributed by atoms with Gasteiger partial charge in [-0.05, 0) is 17.7 Å². The van der Waals surface area contributed by atoms with E-state index in [2.05, 4.69) is 15.9 Å². The molecule has 1 aromatic carbocycles. The summed E-state index contributed by atoms with van der Waals surface area (Å²) in [5, 5.41) is 9.98. The van der Waals surface area contributed by atoms with E-state index >= 15 is 0 Å². The predicted molar refractivity (Wildman–Crippen MR) is 49.1 cm³/mol. The Hall–Kier alpha value is -0.900. The summed E-state index contributed by atoms with van der Waals surface area (Å²) >= 11 is 3.28. The van der Waals surface area contributed by atoms with E-state index in [-0.39, 0.29) is 0 Å². The van der Waals surface area contributed by atoms with Crippen molar-refractivity contribution < 1.29 is 4.92 Å². The summed E-state index contributed by atoms with van der Waals surface area (Å²) in [6, 6.07) is 7.43. The van der Waals surface area contributed by atoms with Crippen LogP contribution in [-0.4, -0.2) is 4.92 Å². The van der Waals surface area contributed by atoms with Crippen molar-refractivity contribution in [1.29, 1.82) is 0 Å². The summed E-state index contributed by atoms with van der Waals surface area (Å²) in [5.74, 6) is 0. The molecular weight excluding hydrogens is 222 g/mol. The molecule has 0 saturated carbocycles. The predicted octanol–water partition coefficient (Wildman–Crippen LogP) is 2.43. The Morgan fingerprint density at radius 2 is 2.00 bits per heavy atom. The summed E-state index contributed by atoms with van der Waals surface area (Å²) in [7, 11) is 0. The van der Waals surface area contributed by atoms with E-state index < -0.39 is 4.92 Å². The lowest BCUT2D eigenvalue weighted by Crippen LogP contribution is -1.96. The van der Waals surface area contributed by atoms with Gasteiger partial charge in [-0.3, -0.25) is 10.1 Å². The first-order chi connectivity index (χ1) is 5.68. The number of hydrogen-bond donors (Lipinski definition) is 0. The molecule has 0 fully saturated rings. The Morgan fingerprint density at radius 3 is 2.50 bits per heavy atom. The monoisotopic (exact) mass is 228 g/mol. The highest BCUT2D eigenvalue weighted by Gasteiger charge is 2.00. The molecule has 0 aliphatic carbocycles. The van der Waals surface area contributed by atoms with Crippen LogP contribution in [0.2, 0.25) is 0 Å². The summed E-state index contributed by atoms with van der Waals surface area (Å²) in [4.78, 5) is 9.55. The van der Waals surface area contributed by atoms with Gasteiger partial charge in [-0.2, -0.15) is 0 Å². The fourth-order valence-corrected chi connectivity index (χ4v) is 1.06. The molecule has 1 rings (SSSR count). The average Bonchev–Trinajstić information content (AvgIpc) is 2.03. The molecule has 0 aromatic heterocycles. The smallest absolute Gasteiger partial charge is 0.264 e. The fourth-order valence-electron chi connectivity index (χ4n) is 0.800. The first-order valence-corrected chi connectivity index (χ1v) is 4.19. The minimum absolute atomic E-state index is 0.375. The molecule has 0 spiro atoms. The van der Waals surface area contributed by atoms with Gasteiger partial charge in [0.15, 0.2) is 0 Å². The summed E-state index contributed by atoms with van der Waals surface area (Å²) < 4.78 is 0.979. The molecule has 1 aromatic rings. The Morgan fingerprint density at radius 1 is 1.42 bits per heavy atom. The second kappa shape index (κ2) is 4.21. The lowest BCUT2D eigenvalue weighted by molar-refractivity contribution is -0.436. The molecule has 0 aliphatic heterocycles. The van der Waals surface area contributed by atoms with Crippen molar-refractivity contribution in [2.45, 2.75) is 6.42 Å². The van der Waals surface area contributed by atoms with E-state index in [1.54, 1.807) is 0 Å². The third-order valence-electron chi connectivity index (χ3n) is 1.39. The zero-order valence-electron chi connectivity index (χ0n) is 6.24. The molecule has 0 atom stereocenters. The van der Waals surface area contributed by atoms with Gasteiger partial charge in [-0.1, -0.05) is 28.1 Å². The van der Waals surface area contributed by atoms with Crippen LogP contribution in [0.3, 0.4) is 0 Å². The molecule has 0 bridgehead atoms. The van der Waals surface area contributed by atoms with Gasteiger partial charge in [0.25, 0.3) is 6.54 Å². The van der Waals surface area contributed by atoms with E-state index in [4.69, 9.17) is 0 Å². The van der Waals surface area contributed by atoms with Crippen LogP contribution in [0, 0.1) is 16.7 Å². The quantitative estimate of drug-likeness (QED) is 0.590. The van der Waals surface area contributed by atoms with Crippen molar-refractivity contribution in [3.63, 3.8) is 0 Å². The van der Waals surface area contributed by atoms with Crippen LogP contribution < -0.4 is 0 Å². The molecular formula is C8H7BrNO2. The maximum absolute atomic E-state index is 9.98. The lowest BCUT2D eigenvalue weighted by Gasteiger charge is -1.95. The Bertz CT molecular complexity index is 271. The van der Waals surface area contributed by atoms with E-state index in [0.29, 0.717) is 6.42 Å². The van der Waals surface area contributed by atoms with E-state index in [1.807, 2.05) is 24.3 Å². The van der Waals surface area contributed by atoms with Gasteiger partial charge in [0.1, 0.15) is 0 Å². The topological polar surface area (TPSA) is 43.1 Å². The zero-order valence-corrected chi connectivity index (χ0v) is 7.82. The molecule has 63 valence electrons. The molecule has 0 aliphatic rings. The second-order valence-electron chi connectivity index (χ2n) is 2.30. The zero-order chi connectivity index (χ0) is 8.97. The molecule has 12 heavy (non-hydrogen) atoms. The van der Waals surface area contributed by atoms with Crippen molar-refractivity contribution in [2.24, 2.45) is 0 Å². The maximum Gasteiger partial charge on any atom is 0.283 e. The maximum atomic E-state index is 9.98. The highest BCUT2D eigenvalue weighted by molar-refractivity contribution is 9.10. The van der Waals surface area contributed by atoms with E-state index in [1.165, 1.54) is 0 Å². The Labute approximate surface area is 78.7 Å². The summed E-state index contributed by atoms with van der Waals surface area (Å²) in [5.41, 5.74) is 0.940. The highest BCUT2D eigenvalue weighted by atomic mass is 79.9. The Kier molecular flexibility index (Phi) is 3.22. The summed E-state index contributed by atoms with van der Waals surface area (Å²) in [6.07, 6.45) is 0.375. The third-order valence-corrected chi connectivity index (χ3v) is 1.92. The first kappa shape index (κ1) is 9.19. The van der Waals surface area contributed by atoms with Crippen molar-refractivity contribution >= 4 is 15.9 Å². The molecule has 3 nitrogen and oxygen atoms in total. The van der Waals surface area contributed by atoms with Crippen LogP contribution in [0.15, 0.2) is 28.7 Å². The van der Waals surface area contributed by atoms with Crippen LogP contribution in [0.25, 0.3) is 0 Å². The van der Waals surface area contributed by atoms with Gasteiger partial charge in [0.05, 0.1) is 0 Å². The highest BCUT2D eigenvalue weighted by Crippen LogP contribution is 2.11. The van der Waals surface area contributed by atoms with Crippen LogP contribution >= 0.6 is 15.9 Å². The van der Waals surface area contributed by atoms with Gasteiger partial charge >= 0.3 is 0 Å². The number of benzene rings is 1. The van der Waals surface area contributed by atoms with Gasteiger partial charge in [0.2, 0.25) is 0 Å². The van der Waals surface area contributed by atoms with Crippen LogP contribution in [0.1, 0.15) is 5.56 Å². The Balaban J connectivity index is 2.53. The van der Waals surface area contributed by atoms with E-state index in [9.17, 15) is 10.1 Å². The van der Waals surface area contributed by atoms with Crippen molar-refractivity contribution in [3.05, 3.63) is 51.0 Å². The van der Waals surface area contributed by atoms with E-state index in [0.717, 1.165) is 16.6 Å². The van der Waals surface area contributed by atoms with Crippen LogP contribution in [-0.2, 0) is 6.42 Å². The lowest BCUT2D eigenvalue weighted by atomic mass is 10.2. The molecule has 1 radical (unpaired) electrons. The normalized spacial score (nSPS) is 9.75. The number of nitrogens with zero attached hydrogens (tertiary/aromatic N) is 1. The largest absolute Gasteiger partial charge is 0.283 e. The van der Waals surface area contributed by atoms with Crippen LogP contribution in [0.4, 0.5) is 0 Å². The average molecular weight is 229 g/mol. The van der Waals surface area contributed by atoms with Gasteiger partial charge < -0.3 is 0 Å².